The molecule has 0 bridgehead atoms. The predicted octanol–water partition coefficient (Wildman–Crippen LogP) is 10.6. The summed E-state index contributed by atoms with van der Waals surface area (Å²) in [7, 11) is 1.49. The van der Waals surface area contributed by atoms with Gasteiger partial charge in [-0.2, -0.15) is 13.2 Å². The van der Waals surface area contributed by atoms with E-state index in [1.54, 1.807) is 42.5 Å². The number of pyridine rings is 1. The number of amides is 4. The molecule has 4 amide bonds. The zero-order valence-electron chi connectivity index (χ0n) is 26.9. The van der Waals surface area contributed by atoms with E-state index in [4.69, 9.17) is 16.3 Å². The van der Waals surface area contributed by atoms with Crippen molar-refractivity contribution < 1.29 is 37.4 Å². The predicted molar refractivity (Wildman–Crippen MR) is 212 cm³/mol. The highest BCUT2D eigenvalue weighted by molar-refractivity contribution is 14.1. The summed E-state index contributed by atoms with van der Waals surface area (Å²) in [6.45, 7) is 0. The highest BCUT2D eigenvalue weighted by atomic mass is 127. The third kappa shape index (κ3) is 10.3. The fourth-order valence-corrected chi connectivity index (χ4v) is 6.66. The van der Waals surface area contributed by atoms with Gasteiger partial charge in [0.25, 0.3) is 11.8 Å². The van der Waals surface area contributed by atoms with Crippen LogP contribution >= 0.6 is 66.1 Å². The monoisotopic (exact) mass is 983 g/mol. The first-order valence-corrected chi connectivity index (χ1v) is 18.1. The first-order chi connectivity index (χ1) is 25.1. The highest BCUT2D eigenvalue weighted by Crippen LogP contribution is 2.38. The van der Waals surface area contributed by atoms with Crippen molar-refractivity contribution in [2.75, 3.05) is 23.0 Å². The Bertz CT molecular complexity index is 2240. The number of alkyl halides is 3. The summed E-state index contributed by atoms with van der Waals surface area (Å²) in [6, 6.07) is 21.0. The number of hydrogen-bond acceptors (Lipinski definition) is 6. The van der Waals surface area contributed by atoms with Crippen molar-refractivity contribution in [2.45, 2.75) is 6.18 Å². The lowest BCUT2D eigenvalue weighted by Crippen LogP contribution is -2.19. The standard InChI is InChI=1S/C21H16ClF3N4O3.C15H8Br2INO2/c1-26-19(30)18-11-15(8-9-27-18)32-14-5-2-12(3-6-14)28-20(31)29-13-4-7-17(22)16(10-13)21(23,24)25;16-11-4-7(5-12(17)14(11)20)3-10-9-6-8(18)1-2-13(9)19-15(10)21/h2-11H,1H3,(H,26,30)(H2,28,29,31);1-6,20H,(H,19,21)/b;10-3+. The van der Waals surface area contributed by atoms with E-state index in [1.165, 1.54) is 25.4 Å². The summed E-state index contributed by atoms with van der Waals surface area (Å²) < 4.78 is 46.7. The van der Waals surface area contributed by atoms with Crippen LogP contribution in [0.4, 0.5) is 35.0 Å². The average molecular weight is 986 g/mol. The number of phenols is 1. The van der Waals surface area contributed by atoms with Gasteiger partial charge in [0, 0.05) is 51.1 Å². The lowest BCUT2D eigenvalue weighted by Gasteiger charge is -2.12. The number of rotatable bonds is 6. The van der Waals surface area contributed by atoms with Gasteiger partial charge in [-0.25, -0.2) is 4.79 Å². The van der Waals surface area contributed by atoms with Gasteiger partial charge in [-0.15, -0.1) is 0 Å². The molecule has 0 saturated carbocycles. The van der Waals surface area contributed by atoms with E-state index < -0.39 is 22.8 Å². The molecule has 1 aliphatic rings. The van der Waals surface area contributed by atoms with Gasteiger partial charge in [-0.1, -0.05) is 11.6 Å². The molecule has 0 spiro atoms. The molecule has 0 fully saturated rings. The number of anilines is 3. The minimum absolute atomic E-state index is 0.0659. The Morgan fingerprint density at radius 2 is 1.58 bits per heavy atom. The molecule has 1 aromatic heterocycles. The van der Waals surface area contributed by atoms with Gasteiger partial charge < -0.3 is 31.1 Å². The van der Waals surface area contributed by atoms with Crippen LogP contribution in [-0.2, 0) is 11.0 Å². The van der Waals surface area contributed by atoms with E-state index in [0.717, 1.165) is 32.5 Å². The second kappa shape index (κ2) is 17.0. The zero-order chi connectivity index (χ0) is 38.4. The number of urea groups is 1. The van der Waals surface area contributed by atoms with E-state index in [2.05, 4.69) is 80.7 Å². The zero-order valence-corrected chi connectivity index (χ0v) is 33.0. The molecular weight excluding hydrogens is 962 g/mol. The number of carbonyl (C=O) groups excluding carboxylic acids is 3. The number of hydrogen-bond donors (Lipinski definition) is 5. The summed E-state index contributed by atoms with van der Waals surface area (Å²) in [4.78, 5) is 39.8. The SMILES string of the molecule is CNC(=O)c1cc(Oc2ccc(NC(=O)Nc3ccc(Cl)c(C(F)(F)F)c3)cc2)ccn1.O=C1Nc2ccc(I)cc2/C1=C\c1cc(Br)c(O)c(Br)c1. The molecule has 53 heavy (non-hydrogen) atoms. The molecule has 0 radical (unpaired) electrons. The van der Waals surface area contributed by atoms with Gasteiger partial charge in [0.1, 0.15) is 22.9 Å². The molecule has 0 unspecified atom stereocenters. The number of nitrogens with one attached hydrogen (secondary N) is 4. The molecule has 272 valence electrons. The van der Waals surface area contributed by atoms with Crippen LogP contribution in [0.15, 0.2) is 100 Å². The van der Waals surface area contributed by atoms with Crippen LogP contribution in [0.3, 0.4) is 0 Å². The smallest absolute Gasteiger partial charge is 0.417 e. The molecule has 1 aliphatic heterocycles. The molecule has 10 nitrogen and oxygen atoms in total. The van der Waals surface area contributed by atoms with E-state index >= 15 is 0 Å². The molecule has 2 heterocycles. The van der Waals surface area contributed by atoms with Crippen molar-refractivity contribution >= 4 is 113 Å². The fraction of sp³-hybridized carbons (Fsp3) is 0.0556. The van der Waals surface area contributed by atoms with Crippen molar-refractivity contribution in [1.82, 2.24) is 10.3 Å². The lowest BCUT2D eigenvalue weighted by molar-refractivity contribution is -0.137. The molecule has 5 N–H and O–H groups in total. The van der Waals surface area contributed by atoms with Crippen molar-refractivity contribution in [2.24, 2.45) is 0 Å². The van der Waals surface area contributed by atoms with Gasteiger partial charge in [-0.3, -0.25) is 14.6 Å². The normalized spacial score (nSPS) is 12.6. The maximum Gasteiger partial charge on any atom is 0.417 e. The van der Waals surface area contributed by atoms with E-state index in [0.29, 0.717) is 31.7 Å². The summed E-state index contributed by atoms with van der Waals surface area (Å²) in [5.74, 6) is 0.483. The first-order valence-electron chi connectivity index (χ1n) is 15.0. The first kappa shape index (κ1) is 39.6. The van der Waals surface area contributed by atoms with Crippen molar-refractivity contribution in [3.05, 3.63) is 131 Å². The molecule has 17 heteroatoms. The number of ether oxygens (including phenoxy) is 1. The van der Waals surface area contributed by atoms with Gasteiger partial charge in [0.2, 0.25) is 0 Å². The van der Waals surface area contributed by atoms with E-state index in [9.17, 15) is 32.7 Å². The van der Waals surface area contributed by atoms with Crippen LogP contribution in [-0.4, -0.2) is 35.0 Å². The maximum absolute atomic E-state index is 12.9. The number of aromatic nitrogens is 1. The van der Waals surface area contributed by atoms with Crippen molar-refractivity contribution in [1.29, 1.82) is 0 Å². The number of phenolic OH excluding ortho intramolecular Hbond substituents is 1. The van der Waals surface area contributed by atoms with Crippen LogP contribution in [0, 0.1) is 3.57 Å². The minimum Gasteiger partial charge on any atom is -0.506 e. The number of benzene rings is 4. The number of carbonyl (C=O) groups is 3. The van der Waals surface area contributed by atoms with Crippen LogP contribution in [0.5, 0.6) is 17.2 Å². The number of aromatic hydroxyl groups is 1. The van der Waals surface area contributed by atoms with E-state index in [-0.39, 0.29) is 28.9 Å². The summed E-state index contributed by atoms with van der Waals surface area (Å²) >= 11 is 14.4. The summed E-state index contributed by atoms with van der Waals surface area (Å²) in [6.07, 6.45) is -1.40. The van der Waals surface area contributed by atoms with Crippen LogP contribution < -0.4 is 26.0 Å². The minimum atomic E-state index is -4.64. The summed E-state index contributed by atoms with van der Waals surface area (Å²) in [5, 5.41) is 19.4. The molecule has 4 aromatic carbocycles. The molecular formula is C36H24Br2ClF3IN5O5. The Morgan fingerprint density at radius 1 is 0.925 bits per heavy atom. The molecule has 6 rings (SSSR count). The second-order valence-electron chi connectivity index (χ2n) is 10.9. The number of nitrogens with zero attached hydrogens (tertiary/aromatic N) is 1. The average Bonchev–Trinajstić information content (AvgIpc) is 3.41. The van der Waals surface area contributed by atoms with Crippen molar-refractivity contribution in [3.63, 3.8) is 0 Å². The van der Waals surface area contributed by atoms with Crippen LogP contribution in [0.1, 0.15) is 27.2 Å². The third-order valence-corrected chi connectivity index (χ3v) is 9.39. The van der Waals surface area contributed by atoms with Crippen LogP contribution in [0.2, 0.25) is 5.02 Å². The Kier molecular flexibility index (Phi) is 12.7. The Hall–Kier alpha value is -4.65. The fourth-order valence-electron chi connectivity index (χ4n) is 4.72. The second-order valence-corrected chi connectivity index (χ2v) is 14.3. The number of fused-ring (bicyclic) bond motifs is 1. The van der Waals surface area contributed by atoms with Gasteiger partial charge >= 0.3 is 12.2 Å². The highest BCUT2D eigenvalue weighted by Gasteiger charge is 2.33. The van der Waals surface area contributed by atoms with Gasteiger partial charge in [-0.05, 0) is 145 Å². The Labute approximate surface area is 335 Å². The maximum atomic E-state index is 12.9. The van der Waals surface area contributed by atoms with E-state index in [1.807, 2.05) is 24.3 Å². The molecule has 5 aromatic rings. The lowest BCUT2D eigenvalue weighted by atomic mass is 10.0. The Balaban J connectivity index is 0.000000222. The Morgan fingerprint density at radius 3 is 2.25 bits per heavy atom. The topological polar surface area (TPSA) is 142 Å². The molecule has 0 atom stereocenters. The van der Waals surface area contributed by atoms with Gasteiger partial charge in [0.05, 0.1) is 19.5 Å². The van der Waals surface area contributed by atoms with Gasteiger partial charge in [0.15, 0.2) is 0 Å². The summed E-state index contributed by atoms with van der Waals surface area (Å²) in [5.41, 5.74) is 2.61. The largest absolute Gasteiger partial charge is 0.506 e. The number of halogens is 7. The quantitative estimate of drug-likeness (QED) is 0.0848. The van der Waals surface area contributed by atoms with Crippen LogP contribution in [0.25, 0.3) is 11.6 Å². The molecule has 0 aliphatic carbocycles. The third-order valence-electron chi connectivity index (χ3n) is 7.18. The van der Waals surface area contributed by atoms with Crippen molar-refractivity contribution in [3.8, 4) is 17.2 Å². The molecule has 0 saturated heterocycles.